The zero-order valence-electron chi connectivity index (χ0n) is 15.1. The zero-order chi connectivity index (χ0) is 17.9. The summed E-state index contributed by atoms with van der Waals surface area (Å²) in [7, 11) is 1.59. The molecular weight excluding hydrogens is 314 g/mol. The number of nitrogens with zero attached hydrogens (tertiary/aromatic N) is 4. The Bertz CT molecular complexity index is 714. The Labute approximate surface area is 148 Å². The van der Waals surface area contributed by atoms with Crippen molar-refractivity contribution in [1.29, 1.82) is 0 Å². The van der Waals surface area contributed by atoms with E-state index >= 15 is 0 Å². The summed E-state index contributed by atoms with van der Waals surface area (Å²) in [6, 6.07) is 14.2. The lowest BCUT2D eigenvalue weighted by Gasteiger charge is -2.47. The number of benzene rings is 1. The number of amides is 1. The van der Waals surface area contributed by atoms with E-state index in [2.05, 4.69) is 63.4 Å². The third kappa shape index (κ3) is 3.96. The third-order valence-corrected chi connectivity index (χ3v) is 4.72. The first kappa shape index (κ1) is 17.4. The smallest absolute Gasteiger partial charge is 0.271 e. The largest absolute Gasteiger partial charge is 0.354 e. The van der Waals surface area contributed by atoms with Gasteiger partial charge in [-0.1, -0.05) is 30.3 Å². The maximum absolute atomic E-state index is 11.6. The number of hydrogen-bond donors (Lipinski definition) is 1. The van der Waals surface area contributed by atoms with Crippen molar-refractivity contribution >= 4 is 11.7 Å². The molecule has 1 fully saturated rings. The first-order valence-electron chi connectivity index (χ1n) is 8.59. The Morgan fingerprint density at radius 3 is 2.48 bits per heavy atom. The van der Waals surface area contributed by atoms with E-state index in [9.17, 15) is 4.79 Å². The van der Waals surface area contributed by atoms with E-state index in [0.717, 1.165) is 32.0 Å². The lowest BCUT2D eigenvalue weighted by Crippen LogP contribution is -2.59. The molecule has 0 atom stereocenters. The van der Waals surface area contributed by atoms with Crippen LogP contribution < -0.4 is 10.2 Å². The van der Waals surface area contributed by atoms with E-state index in [4.69, 9.17) is 0 Å². The van der Waals surface area contributed by atoms with Crippen molar-refractivity contribution in [2.45, 2.75) is 25.9 Å². The van der Waals surface area contributed by atoms with Crippen molar-refractivity contribution in [2.24, 2.45) is 0 Å². The minimum Gasteiger partial charge on any atom is -0.354 e. The summed E-state index contributed by atoms with van der Waals surface area (Å²) in [5, 5.41) is 10.8. The van der Waals surface area contributed by atoms with Gasteiger partial charge in [0.15, 0.2) is 11.5 Å². The molecular formula is C19H25N5O. The lowest BCUT2D eigenvalue weighted by molar-refractivity contribution is 0.0949. The summed E-state index contributed by atoms with van der Waals surface area (Å²) < 4.78 is 0. The summed E-state index contributed by atoms with van der Waals surface area (Å²) in [4.78, 5) is 16.3. The zero-order valence-corrected chi connectivity index (χ0v) is 15.1. The van der Waals surface area contributed by atoms with Crippen LogP contribution in [-0.4, -0.2) is 53.2 Å². The van der Waals surface area contributed by atoms with Crippen LogP contribution in [-0.2, 0) is 6.54 Å². The van der Waals surface area contributed by atoms with Crippen molar-refractivity contribution < 1.29 is 4.79 Å². The molecule has 0 spiro atoms. The van der Waals surface area contributed by atoms with E-state index < -0.39 is 0 Å². The minimum absolute atomic E-state index is 0.0231. The number of hydrogen-bond acceptors (Lipinski definition) is 5. The van der Waals surface area contributed by atoms with Crippen LogP contribution in [0, 0.1) is 0 Å². The summed E-state index contributed by atoms with van der Waals surface area (Å²) >= 11 is 0. The molecule has 0 radical (unpaired) electrons. The first-order chi connectivity index (χ1) is 12.0. The minimum atomic E-state index is -0.216. The maximum atomic E-state index is 11.6. The van der Waals surface area contributed by atoms with Gasteiger partial charge in [-0.15, -0.1) is 10.2 Å². The fourth-order valence-electron chi connectivity index (χ4n) is 3.23. The molecule has 0 aliphatic carbocycles. The van der Waals surface area contributed by atoms with Gasteiger partial charge in [-0.2, -0.15) is 0 Å². The number of carbonyl (C=O) groups is 1. The highest BCUT2D eigenvalue weighted by atomic mass is 16.1. The Kier molecular flexibility index (Phi) is 4.99. The number of aromatic nitrogens is 2. The van der Waals surface area contributed by atoms with E-state index in [1.54, 1.807) is 13.1 Å². The number of anilines is 1. The fraction of sp³-hybridized carbons (Fsp3) is 0.421. The van der Waals surface area contributed by atoms with Gasteiger partial charge in [0.25, 0.3) is 5.91 Å². The van der Waals surface area contributed by atoms with E-state index in [1.807, 2.05) is 12.1 Å². The molecule has 6 heteroatoms. The summed E-state index contributed by atoms with van der Waals surface area (Å²) in [6.45, 7) is 8.19. The molecule has 25 heavy (non-hydrogen) atoms. The van der Waals surface area contributed by atoms with Crippen LogP contribution in [0.2, 0.25) is 0 Å². The monoisotopic (exact) mass is 339 g/mol. The third-order valence-electron chi connectivity index (χ3n) is 4.72. The highest BCUT2D eigenvalue weighted by molar-refractivity contribution is 5.91. The molecule has 1 N–H and O–H groups in total. The number of rotatable bonds is 4. The van der Waals surface area contributed by atoms with Crippen molar-refractivity contribution in [3.05, 3.63) is 53.7 Å². The van der Waals surface area contributed by atoms with Crippen molar-refractivity contribution in [3.8, 4) is 0 Å². The van der Waals surface area contributed by atoms with Crippen molar-refractivity contribution in [3.63, 3.8) is 0 Å². The topological polar surface area (TPSA) is 61.4 Å². The fourth-order valence-corrected chi connectivity index (χ4v) is 3.23. The molecule has 2 heterocycles. The second-order valence-electron chi connectivity index (χ2n) is 7.00. The summed E-state index contributed by atoms with van der Waals surface area (Å²) in [5.74, 6) is 0.604. The van der Waals surface area contributed by atoms with Crippen LogP contribution in [0.1, 0.15) is 29.9 Å². The molecule has 1 aliphatic rings. The Morgan fingerprint density at radius 2 is 1.88 bits per heavy atom. The second-order valence-corrected chi connectivity index (χ2v) is 7.00. The SMILES string of the molecule is CNC(=O)c1ccc(N2CCN(Cc3ccccc3)C(C)(C)C2)nn1. The van der Waals surface area contributed by atoms with Crippen LogP contribution in [0.25, 0.3) is 0 Å². The van der Waals surface area contributed by atoms with Crippen LogP contribution in [0.5, 0.6) is 0 Å². The predicted octanol–water partition coefficient (Wildman–Crippen LogP) is 1.94. The van der Waals surface area contributed by atoms with Crippen LogP contribution in [0.15, 0.2) is 42.5 Å². The van der Waals surface area contributed by atoms with Gasteiger partial charge in [-0.05, 0) is 31.5 Å². The molecule has 6 nitrogen and oxygen atoms in total. The molecule has 3 rings (SSSR count). The quantitative estimate of drug-likeness (QED) is 0.922. The predicted molar refractivity (Wildman–Crippen MR) is 98.6 cm³/mol. The van der Waals surface area contributed by atoms with E-state index in [0.29, 0.717) is 5.69 Å². The molecule has 1 aromatic carbocycles. The van der Waals surface area contributed by atoms with Gasteiger partial charge in [-0.3, -0.25) is 9.69 Å². The van der Waals surface area contributed by atoms with Gasteiger partial charge < -0.3 is 10.2 Å². The molecule has 1 aliphatic heterocycles. The van der Waals surface area contributed by atoms with Gasteiger partial charge in [0.05, 0.1) is 0 Å². The number of nitrogens with one attached hydrogen (secondary N) is 1. The Balaban J connectivity index is 1.68. The molecule has 132 valence electrons. The van der Waals surface area contributed by atoms with Crippen LogP contribution >= 0.6 is 0 Å². The molecule has 0 bridgehead atoms. The van der Waals surface area contributed by atoms with Crippen LogP contribution in [0.3, 0.4) is 0 Å². The molecule has 1 amide bonds. The first-order valence-corrected chi connectivity index (χ1v) is 8.59. The Hall–Kier alpha value is -2.47. The average molecular weight is 339 g/mol. The van der Waals surface area contributed by atoms with E-state index in [1.165, 1.54) is 5.56 Å². The Morgan fingerprint density at radius 1 is 1.12 bits per heavy atom. The lowest BCUT2D eigenvalue weighted by atomic mass is 9.97. The highest BCUT2D eigenvalue weighted by Gasteiger charge is 2.34. The summed E-state index contributed by atoms with van der Waals surface area (Å²) in [5.41, 5.74) is 1.70. The maximum Gasteiger partial charge on any atom is 0.271 e. The van der Waals surface area contributed by atoms with Gasteiger partial charge in [-0.25, -0.2) is 0 Å². The normalized spacial score (nSPS) is 17.3. The molecule has 1 saturated heterocycles. The van der Waals surface area contributed by atoms with Crippen molar-refractivity contribution in [2.75, 3.05) is 31.6 Å². The molecule has 2 aromatic rings. The molecule has 0 saturated carbocycles. The van der Waals surface area contributed by atoms with Gasteiger partial charge in [0.2, 0.25) is 0 Å². The van der Waals surface area contributed by atoms with Gasteiger partial charge in [0, 0.05) is 38.8 Å². The standard InChI is InChI=1S/C19H25N5O/c1-19(2)14-23(17-10-9-16(21-22-17)18(25)20-3)11-12-24(19)13-15-7-5-4-6-8-15/h4-10H,11-14H2,1-3H3,(H,20,25). The average Bonchev–Trinajstić information content (AvgIpc) is 2.63. The number of carbonyl (C=O) groups excluding carboxylic acids is 1. The van der Waals surface area contributed by atoms with Gasteiger partial charge >= 0.3 is 0 Å². The number of piperazine rings is 1. The van der Waals surface area contributed by atoms with Crippen molar-refractivity contribution in [1.82, 2.24) is 20.4 Å². The highest BCUT2D eigenvalue weighted by Crippen LogP contribution is 2.25. The van der Waals surface area contributed by atoms with E-state index in [-0.39, 0.29) is 11.4 Å². The second kappa shape index (κ2) is 7.19. The molecule has 1 aromatic heterocycles. The van der Waals surface area contributed by atoms with Crippen LogP contribution in [0.4, 0.5) is 5.82 Å². The summed E-state index contributed by atoms with van der Waals surface area (Å²) in [6.07, 6.45) is 0. The molecule has 0 unspecified atom stereocenters. The van der Waals surface area contributed by atoms with Gasteiger partial charge in [0.1, 0.15) is 0 Å².